The van der Waals surface area contributed by atoms with E-state index in [2.05, 4.69) is 25.3 Å². The quantitative estimate of drug-likeness (QED) is 0.215. The summed E-state index contributed by atoms with van der Waals surface area (Å²) in [5, 5.41) is 6.35. The molecule has 3 aromatic rings. The minimum absolute atomic E-state index is 0. The van der Waals surface area contributed by atoms with Gasteiger partial charge in [-0.05, 0) is 42.8 Å². The first-order valence-electron chi connectivity index (χ1n) is 10.1. The predicted octanol–water partition coefficient (Wildman–Crippen LogP) is 5.05. The zero-order chi connectivity index (χ0) is 22.8. The highest BCUT2D eigenvalue weighted by molar-refractivity contribution is 14.0. The number of alkyl halides is 2. The van der Waals surface area contributed by atoms with Crippen molar-refractivity contribution in [3.63, 3.8) is 0 Å². The molecule has 0 spiro atoms. The van der Waals surface area contributed by atoms with Crippen LogP contribution in [0.5, 0.6) is 11.5 Å². The molecule has 0 amide bonds. The van der Waals surface area contributed by atoms with Gasteiger partial charge in [0.25, 0.3) is 0 Å². The summed E-state index contributed by atoms with van der Waals surface area (Å²) in [5.74, 6) is 1.42. The van der Waals surface area contributed by atoms with E-state index >= 15 is 0 Å². The second kappa shape index (κ2) is 13.6. The molecule has 0 aliphatic heterocycles. The Hall–Kier alpha value is -2.95. The molecule has 0 saturated carbocycles. The van der Waals surface area contributed by atoms with Gasteiger partial charge in [-0.2, -0.15) is 8.78 Å². The summed E-state index contributed by atoms with van der Waals surface area (Å²) in [4.78, 5) is 8.44. The number of aromatic nitrogens is 1. The van der Waals surface area contributed by atoms with E-state index in [0.29, 0.717) is 24.7 Å². The Morgan fingerprint density at radius 1 is 1.03 bits per heavy atom. The summed E-state index contributed by atoms with van der Waals surface area (Å²) >= 11 is 0. The van der Waals surface area contributed by atoms with Crippen molar-refractivity contribution in [1.29, 1.82) is 0 Å². The smallest absolute Gasteiger partial charge is 0.387 e. The number of hydrogen-bond acceptors (Lipinski definition) is 4. The lowest BCUT2D eigenvalue weighted by Crippen LogP contribution is -2.36. The monoisotopic (exact) mass is 568 g/mol. The average molecular weight is 568 g/mol. The molecule has 9 heteroatoms. The molecule has 2 N–H and O–H groups in total. The third kappa shape index (κ3) is 8.83. The Morgan fingerprint density at radius 3 is 2.58 bits per heavy atom. The van der Waals surface area contributed by atoms with Crippen LogP contribution >= 0.6 is 24.0 Å². The fourth-order valence-corrected chi connectivity index (χ4v) is 3.03. The van der Waals surface area contributed by atoms with Crippen molar-refractivity contribution in [1.82, 2.24) is 15.6 Å². The van der Waals surface area contributed by atoms with E-state index in [1.54, 1.807) is 31.4 Å². The van der Waals surface area contributed by atoms with Crippen molar-refractivity contribution in [2.24, 2.45) is 4.99 Å². The standard InChI is InChI=1S/C24H26F2N4O2.HI/c1-17-9-10-22(32-23(25)26)19(12-17)15-30-24(27-2)29-14-18-6-5-8-21(13-18)31-16-20-7-3-4-11-28-20;/h3-13,23H,14-16H2,1-2H3,(H2,27,29,30);1H. The molecule has 1 heterocycles. The van der Waals surface area contributed by atoms with Gasteiger partial charge in [-0.25, -0.2) is 0 Å². The first-order valence-corrected chi connectivity index (χ1v) is 10.1. The van der Waals surface area contributed by atoms with Crippen LogP contribution in [0.3, 0.4) is 0 Å². The minimum Gasteiger partial charge on any atom is -0.487 e. The van der Waals surface area contributed by atoms with Crippen molar-refractivity contribution in [3.05, 3.63) is 89.2 Å². The van der Waals surface area contributed by atoms with Gasteiger partial charge < -0.3 is 20.1 Å². The number of nitrogens with one attached hydrogen (secondary N) is 2. The zero-order valence-electron chi connectivity index (χ0n) is 18.4. The third-order valence-corrected chi connectivity index (χ3v) is 4.57. The number of benzene rings is 2. The molecule has 33 heavy (non-hydrogen) atoms. The molecule has 0 bridgehead atoms. The van der Waals surface area contributed by atoms with Gasteiger partial charge in [-0.15, -0.1) is 24.0 Å². The van der Waals surface area contributed by atoms with Crippen LogP contribution in [-0.4, -0.2) is 24.6 Å². The predicted molar refractivity (Wildman–Crippen MR) is 135 cm³/mol. The van der Waals surface area contributed by atoms with Crippen LogP contribution in [0, 0.1) is 6.92 Å². The number of halogens is 3. The van der Waals surface area contributed by atoms with Crippen LogP contribution in [0.1, 0.15) is 22.4 Å². The van der Waals surface area contributed by atoms with Gasteiger partial charge >= 0.3 is 6.61 Å². The second-order valence-electron chi connectivity index (χ2n) is 7.03. The largest absolute Gasteiger partial charge is 0.487 e. The molecule has 0 unspecified atom stereocenters. The van der Waals surface area contributed by atoms with Gasteiger partial charge in [-0.3, -0.25) is 9.98 Å². The highest BCUT2D eigenvalue weighted by atomic mass is 127. The highest BCUT2D eigenvalue weighted by Gasteiger charge is 2.10. The van der Waals surface area contributed by atoms with Gasteiger partial charge in [0.1, 0.15) is 18.1 Å². The van der Waals surface area contributed by atoms with Gasteiger partial charge in [0.05, 0.1) is 5.69 Å². The van der Waals surface area contributed by atoms with Crippen molar-refractivity contribution < 1.29 is 18.3 Å². The van der Waals surface area contributed by atoms with E-state index in [4.69, 9.17) is 4.74 Å². The molecular weight excluding hydrogens is 541 g/mol. The fourth-order valence-electron chi connectivity index (χ4n) is 3.03. The molecule has 0 aliphatic rings. The lowest BCUT2D eigenvalue weighted by Gasteiger charge is -2.15. The molecule has 0 saturated heterocycles. The van der Waals surface area contributed by atoms with Crippen LogP contribution in [0.15, 0.2) is 71.9 Å². The van der Waals surface area contributed by atoms with Gasteiger partial charge in [0.2, 0.25) is 0 Å². The van der Waals surface area contributed by atoms with E-state index in [0.717, 1.165) is 22.6 Å². The minimum atomic E-state index is -2.87. The molecule has 0 fully saturated rings. The number of nitrogens with zero attached hydrogens (tertiary/aromatic N) is 2. The Morgan fingerprint density at radius 2 is 1.85 bits per heavy atom. The Labute approximate surface area is 209 Å². The maximum Gasteiger partial charge on any atom is 0.387 e. The maximum absolute atomic E-state index is 12.7. The SMILES string of the molecule is CN=C(NCc1cccc(OCc2ccccn2)c1)NCc1cc(C)ccc1OC(F)F.I. The summed E-state index contributed by atoms with van der Waals surface area (Å²) in [6.07, 6.45) is 1.73. The van der Waals surface area contributed by atoms with E-state index in [9.17, 15) is 8.78 Å². The number of aryl methyl sites for hydroxylation is 1. The molecular formula is C24H27F2IN4O2. The van der Waals surface area contributed by atoms with Crippen LogP contribution in [0.25, 0.3) is 0 Å². The topological polar surface area (TPSA) is 67.8 Å². The lowest BCUT2D eigenvalue weighted by atomic mass is 10.1. The number of hydrogen-bond donors (Lipinski definition) is 2. The maximum atomic E-state index is 12.7. The fraction of sp³-hybridized carbons (Fsp3) is 0.250. The molecule has 3 rings (SSSR count). The molecule has 6 nitrogen and oxygen atoms in total. The number of pyridine rings is 1. The molecule has 0 aliphatic carbocycles. The summed E-state index contributed by atoms with van der Waals surface area (Å²) in [6.45, 7) is 0.207. The molecule has 1 aromatic heterocycles. The number of aliphatic imine (C=N–C) groups is 1. The first-order chi connectivity index (χ1) is 15.5. The average Bonchev–Trinajstić information content (AvgIpc) is 2.80. The Bertz CT molecular complexity index is 1040. The highest BCUT2D eigenvalue weighted by Crippen LogP contribution is 2.22. The normalized spacial score (nSPS) is 11.0. The van der Waals surface area contributed by atoms with E-state index in [1.165, 1.54) is 0 Å². The van der Waals surface area contributed by atoms with E-state index < -0.39 is 6.61 Å². The Kier molecular flexibility index (Phi) is 10.8. The molecule has 0 atom stereocenters. The molecule has 0 radical (unpaired) electrons. The Balaban J connectivity index is 0.00000385. The van der Waals surface area contributed by atoms with Crippen LogP contribution in [-0.2, 0) is 19.7 Å². The third-order valence-electron chi connectivity index (χ3n) is 4.57. The van der Waals surface area contributed by atoms with Crippen LogP contribution in [0.2, 0.25) is 0 Å². The second-order valence-corrected chi connectivity index (χ2v) is 7.03. The van der Waals surface area contributed by atoms with E-state index in [-0.39, 0.29) is 36.3 Å². The van der Waals surface area contributed by atoms with Gasteiger partial charge in [0.15, 0.2) is 5.96 Å². The lowest BCUT2D eigenvalue weighted by molar-refractivity contribution is -0.0504. The number of guanidine groups is 1. The van der Waals surface area contributed by atoms with Crippen molar-refractivity contribution >= 4 is 29.9 Å². The summed E-state index contributed by atoms with van der Waals surface area (Å²) in [6, 6.07) is 18.5. The number of rotatable bonds is 9. The summed E-state index contributed by atoms with van der Waals surface area (Å²) in [5.41, 5.74) is 3.43. The first kappa shape index (κ1) is 26.3. The van der Waals surface area contributed by atoms with Crippen molar-refractivity contribution in [3.8, 4) is 11.5 Å². The summed E-state index contributed by atoms with van der Waals surface area (Å²) in [7, 11) is 1.65. The van der Waals surface area contributed by atoms with Crippen LogP contribution in [0.4, 0.5) is 8.78 Å². The van der Waals surface area contributed by atoms with Crippen molar-refractivity contribution in [2.75, 3.05) is 7.05 Å². The van der Waals surface area contributed by atoms with Gasteiger partial charge in [0, 0.05) is 31.9 Å². The zero-order valence-corrected chi connectivity index (χ0v) is 20.8. The van der Waals surface area contributed by atoms with Gasteiger partial charge in [-0.1, -0.05) is 35.9 Å². The molecule has 176 valence electrons. The summed E-state index contributed by atoms with van der Waals surface area (Å²) < 4.78 is 35.8. The van der Waals surface area contributed by atoms with E-state index in [1.807, 2.05) is 49.4 Å². The number of ether oxygens (including phenoxy) is 2. The van der Waals surface area contributed by atoms with Crippen LogP contribution < -0.4 is 20.1 Å². The molecule has 2 aromatic carbocycles. The van der Waals surface area contributed by atoms with Crippen molar-refractivity contribution in [2.45, 2.75) is 33.2 Å².